The molecule has 0 aromatic carbocycles. The summed E-state index contributed by atoms with van der Waals surface area (Å²) in [6.45, 7) is 7.03. The highest BCUT2D eigenvalue weighted by Crippen LogP contribution is 2.23. The van der Waals surface area contributed by atoms with E-state index in [0.29, 0.717) is 24.8 Å². The van der Waals surface area contributed by atoms with Gasteiger partial charge in [0.1, 0.15) is 5.69 Å². The predicted octanol–water partition coefficient (Wildman–Crippen LogP) is 1.90. The fourth-order valence-electron chi connectivity index (χ4n) is 2.04. The van der Waals surface area contributed by atoms with Crippen LogP contribution in [0.4, 0.5) is 0 Å². The van der Waals surface area contributed by atoms with E-state index in [2.05, 4.69) is 29.1 Å². The highest BCUT2D eigenvalue weighted by molar-refractivity contribution is 5.93. The molecule has 114 valence electrons. The molecule has 0 saturated heterocycles. The molecule has 0 fully saturated rings. The number of hydrogen-bond donors (Lipinski definition) is 0. The molecule has 2 rings (SSSR count). The van der Waals surface area contributed by atoms with Gasteiger partial charge in [-0.3, -0.25) is 0 Å². The molecule has 2 heterocycles. The first-order valence-corrected chi connectivity index (χ1v) is 7.15. The van der Waals surface area contributed by atoms with Crippen LogP contribution in [0, 0.1) is 5.92 Å². The Kier molecular flexibility index (Phi) is 4.72. The molecule has 2 aromatic rings. The second-order valence-electron chi connectivity index (χ2n) is 5.09. The van der Waals surface area contributed by atoms with Crippen LogP contribution < -0.4 is 0 Å². The Morgan fingerprint density at radius 1 is 1.43 bits per heavy atom. The maximum atomic E-state index is 12.1. The predicted molar refractivity (Wildman–Crippen MR) is 77.6 cm³/mol. The summed E-state index contributed by atoms with van der Waals surface area (Å²) in [5.41, 5.74) is 1.70. The quantitative estimate of drug-likeness (QED) is 0.760. The minimum Gasteiger partial charge on any atom is -0.461 e. The first-order valence-electron chi connectivity index (χ1n) is 7.15. The molecule has 0 aliphatic heterocycles. The van der Waals surface area contributed by atoms with Crippen molar-refractivity contribution in [2.24, 2.45) is 13.0 Å². The fourth-order valence-corrected chi connectivity index (χ4v) is 2.04. The van der Waals surface area contributed by atoms with Gasteiger partial charge in [0, 0.05) is 13.6 Å². The molecule has 0 aliphatic carbocycles. The number of aryl methyl sites for hydroxylation is 1. The molecule has 0 amide bonds. The number of esters is 1. The van der Waals surface area contributed by atoms with Gasteiger partial charge in [0.15, 0.2) is 5.69 Å². The van der Waals surface area contributed by atoms with Crippen LogP contribution in [-0.2, 0) is 18.3 Å². The van der Waals surface area contributed by atoms with E-state index >= 15 is 0 Å². The van der Waals surface area contributed by atoms with Gasteiger partial charge in [0.25, 0.3) is 0 Å². The van der Waals surface area contributed by atoms with Gasteiger partial charge >= 0.3 is 5.97 Å². The Labute approximate surface area is 123 Å². The SMILES string of the molecule is CCOC(=O)c1nnn(CC(C)CC)c1-c1cncn1C. The molecular formula is C14H21N5O2. The van der Waals surface area contributed by atoms with Crippen LogP contribution in [0.2, 0.25) is 0 Å². The van der Waals surface area contributed by atoms with E-state index in [9.17, 15) is 4.79 Å². The number of nitrogens with zero attached hydrogens (tertiary/aromatic N) is 5. The number of aromatic nitrogens is 5. The van der Waals surface area contributed by atoms with E-state index in [4.69, 9.17) is 4.74 Å². The summed E-state index contributed by atoms with van der Waals surface area (Å²) in [6, 6.07) is 0. The summed E-state index contributed by atoms with van der Waals surface area (Å²) in [6.07, 6.45) is 4.42. The summed E-state index contributed by atoms with van der Waals surface area (Å²) in [5, 5.41) is 8.15. The van der Waals surface area contributed by atoms with E-state index in [-0.39, 0.29) is 5.69 Å². The first kappa shape index (κ1) is 15.2. The van der Waals surface area contributed by atoms with Gasteiger partial charge in [0.05, 0.1) is 24.8 Å². The van der Waals surface area contributed by atoms with Crippen molar-refractivity contribution in [2.75, 3.05) is 6.61 Å². The van der Waals surface area contributed by atoms with Gasteiger partial charge in [-0.05, 0) is 12.8 Å². The minimum atomic E-state index is -0.455. The Balaban J connectivity index is 2.48. The second-order valence-corrected chi connectivity index (χ2v) is 5.09. The van der Waals surface area contributed by atoms with Crippen LogP contribution in [0.25, 0.3) is 11.4 Å². The molecule has 1 atom stereocenters. The number of rotatable bonds is 6. The molecular weight excluding hydrogens is 270 g/mol. The van der Waals surface area contributed by atoms with Crippen molar-refractivity contribution in [2.45, 2.75) is 33.7 Å². The normalized spacial score (nSPS) is 12.4. The third-order valence-electron chi connectivity index (χ3n) is 3.44. The van der Waals surface area contributed by atoms with Crippen LogP contribution in [0.1, 0.15) is 37.7 Å². The zero-order valence-electron chi connectivity index (χ0n) is 12.9. The number of carbonyl (C=O) groups is 1. The summed E-state index contributed by atoms with van der Waals surface area (Å²) >= 11 is 0. The highest BCUT2D eigenvalue weighted by atomic mass is 16.5. The molecule has 21 heavy (non-hydrogen) atoms. The van der Waals surface area contributed by atoms with Gasteiger partial charge in [-0.2, -0.15) is 0 Å². The number of ether oxygens (including phenoxy) is 1. The Hall–Kier alpha value is -2.18. The average Bonchev–Trinajstić information content (AvgIpc) is 3.05. The van der Waals surface area contributed by atoms with Crippen molar-refractivity contribution < 1.29 is 9.53 Å². The Bertz CT molecular complexity index is 617. The first-order chi connectivity index (χ1) is 10.1. The minimum absolute atomic E-state index is 0.240. The molecule has 0 saturated carbocycles. The monoisotopic (exact) mass is 291 g/mol. The molecule has 2 aromatic heterocycles. The van der Waals surface area contributed by atoms with Crippen molar-refractivity contribution >= 4 is 5.97 Å². The molecule has 0 bridgehead atoms. The number of imidazole rings is 1. The van der Waals surface area contributed by atoms with Crippen molar-refractivity contribution in [1.29, 1.82) is 0 Å². The smallest absolute Gasteiger partial charge is 0.361 e. The molecule has 7 heteroatoms. The van der Waals surface area contributed by atoms with Gasteiger partial charge in [-0.15, -0.1) is 5.10 Å². The van der Waals surface area contributed by atoms with Crippen LogP contribution in [0.3, 0.4) is 0 Å². The zero-order valence-corrected chi connectivity index (χ0v) is 12.9. The Morgan fingerprint density at radius 2 is 2.19 bits per heavy atom. The van der Waals surface area contributed by atoms with Crippen molar-refractivity contribution in [1.82, 2.24) is 24.5 Å². The Morgan fingerprint density at radius 3 is 2.76 bits per heavy atom. The van der Waals surface area contributed by atoms with Gasteiger partial charge in [-0.1, -0.05) is 25.5 Å². The average molecular weight is 291 g/mol. The molecule has 0 spiro atoms. The maximum Gasteiger partial charge on any atom is 0.361 e. The van der Waals surface area contributed by atoms with E-state index < -0.39 is 5.97 Å². The van der Waals surface area contributed by atoms with Crippen LogP contribution in [-0.4, -0.2) is 37.1 Å². The topological polar surface area (TPSA) is 74.8 Å². The van der Waals surface area contributed by atoms with Crippen LogP contribution in [0.5, 0.6) is 0 Å². The van der Waals surface area contributed by atoms with Crippen molar-refractivity contribution in [3.63, 3.8) is 0 Å². The largest absolute Gasteiger partial charge is 0.461 e. The van der Waals surface area contributed by atoms with E-state index in [1.165, 1.54) is 0 Å². The van der Waals surface area contributed by atoms with E-state index in [1.54, 1.807) is 24.1 Å². The molecule has 0 aliphatic rings. The summed E-state index contributed by atoms with van der Waals surface area (Å²) in [5.74, 6) is -0.0159. The zero-order chi connectivity index (χ0) is 15.4. The summed E-state index contributed by atoms with van der Waals surface area (Å²) in [7, 11) is 1.87. The van der Waals surface area contributed by atoms with Crippen molar-refractivity contribution in [3.05, 3.63) is 18.2 Å². The molecule has 1 unspecified atom stereocenters. The van der Waals surface area contributed by atoms with Gasteiger partial charge in [0.2, 0.25) is 0 Å². The molecule has 7 nitrogen and oxygen atoms in total. The third-order valence-corrected chi connectivity index (χ3v) is 3.44. The van der Waals surface area contributed by atoms with Gasteiger partial charge < -0.3 is 9.30 Å². The lowest BCUT2D eigenvalue weighted by Gasteiger charge is -2.12. The summed E-state index contributed by atoms with van der Waals surface area (Å²) in [4.78, 5) is 16.2. The van der Waals surface area contributed by atoms with Crippen LogP contribution >= 0.6 is 0 Å². The summed E-state index contributed by atoms with van der Waals surface area (Å²) < 4.78 is 8.67. The van der Waals surface area contributed by atoms with E-state index in [1.807, 2.05) is 11.6 Å². The standard InChI is InChI=1S/C14H21N5O2/c1-5-10(3)8-19-13(11-7-15-9-18(11)4)12(16-17-19)14(20)21-6-2/h7,9-10H,5-6,8H2,1-4H3. The second kappa shape index (κ2) is 6.51. The number of hydrogen-bond acceptors (Lipinski definition) is 5. The van der Waals surface area contributed by atoms with E-state index in [0.717, 1.165) is 12.1 Å². The highest BCUT2D eigenvalue weighted by Gasteiger charge is 2.24. The lowest BCUT2D eigenvalue weighted by molar-refractivity contribution is 0.0520. The maximum absolute atomic E-state index is 12.1. The van der Waals surface area contributed by atoms with Gasteiger partial charge in [-0.25, -0.2) is 14.5 Å². The lowest BCUT2D eigenvalue weighted by atomic mass is 10.1. The fraction of sp³-hybridized carbons (Fsp3) is 0.571. The van der Waals surface area contributed by atoms with Crippen LogP contribution in [0.15, 0.2) is 12.5 Å². The molecule has 0 radical (unpaired) electrons. The third kappa shape index (κ3) is 3.12. The lowest BCUT2D eigenvalue weighted by Crippen LogP contribution is -2.12. The van der Waals surface area contributed by atoms with Crippen molar-refractivity contribution in [3.8, 4) is 11.4 Å². The number of carbonyl (C=O) groups excluding carboxylic acids is 1. The molecule has 0 N–H and O–H groups in total.